The summed E-state index contributed by atoms with van der Waals surface area (Å²) >= 11 is 0. The number of nitrogens with zero attached hydrogens (tertiary/aromatic N) is 4. The standard InChI is InChI=1S/C14H11N5O/c1-20-11-6-7-12-13(8-11)17-14(16-12)9-2-4-10(5-3-9)18-19-15/h2-8H,1H3,(H,16,17). The summed E-state index contributed by atoms with van der Waals surface area (Å²) in [5.41, 5.74) is 11.7. The van der Waals surface area contributed by atoms with Gasteiger partial charge in [-0.25, -0.2) is 4.98 Å². The van der Waals surface area contributed by atoms with E-state index in [1.165, 1.54) is 0 Å². The SMILES string of the molecule is COc1ccc2nc(-c3ccc(N=[N+]=[N-])cc3)[nH]c2c1. The molecule has 20 heavy (non-hydrogen) atoms. The summed E-state index contributed by atoms with van der Waals surface area (Å²) in [6, 6.07) is 12.9. The Morgan fingerprint density at radius 3 is 2.70 bits per heavy atom. The number of rotatable bonds is 3. The second-order valence-electron chi connectivity index (χ2n) is 4.20. The molecule has 6 nitrogen and oxygen atoms in total. The van der Waals surface area contributed by atoms with Gasteiger partial charge in [0.25, 0.3) is 0 Å². The zero-order valence-corrected chi connectivity index (χ0v) is 10.7. The van der Waals surface area contributed by atoms with Crippen molar-refractivity contribution in [2.75, 3.05) is 7.11 Å². The van der Waals surface area contributed by atoms with Crippen LogP contribution in [0.25, 0.3) is 32.9 Å². The van der Waals surface area contributed by atoms with Crippen molar-refractivity contribution in [2.24, 2.45) is 5.11 Å². The highest BCUT2D eigenvalue weighted by Crippen LogP contribution is 2.25. The van der Waals surface area contributed by atoms with Gasteiger partial charge < -0.3 is 9.72 Å². The van der Waals surface area contributed by atoms with Crippen LogP contribution in [0.3, 0.4) is 0 Å². The number of aromatic nitrogens is 2. The first kappa shape index (κ1) is 12.1. The molecule has 1 aromatic heterocycles. The van der Waals surface area contributed by atoms with Gasteiger partial charge in [-0.3, -0.25) is 0 Å². The summed E-state index contributed by atoms with van der Waals surface area (Å²) in [6.07, 6.45) is 0. The number of fused-ring (bicyclic) bond motifs is 1. The summed E-state index contributed by atoms with van der Waals surface area (Å²) in [5, 5.41) is 3.54. The third kappa shape index (κ3) is 2.15. The van der Waals surface area contributed by atoms with E-state index >= 15 is 0 Å². The highest BCUT2D eigenvalue weighted by atomic mass is 16.5. The zero-order chi connectivity index (χ0) is 13.9. The maximum absolute atomic E-state index is 8.38. The third-order valence-electron chi connectivity index (χ3n) is 2.99. The molecule has 0 unspecified atom stereocenters. The summed E-state index contributed by atoms with van der Waals surface area (Å²) < 4.78 is 5.19. The summed E-state index contributed by atoms with van der Waals surface area (Å²) in [5.74, 6) is 1.55. The van der Waals surface area contributed by atoms with Crippen LogP contribution in [0.4, 0.5) is 5.69 Å². The van der Waals surface area contributed by atoms with Crippen molar-refractivity contribution in [3.8, 4) is 17.1 Å². The average Bonchev–Trinajstić information content (AvgIpc) is 2.91. The molecule has 0 saturated heterocycles. The lowest BCUT2D eigenvalue weighted by atomic mass is 10.2. The van der Waals surface area contributed by atoms with Crippen LogP contribution in [0.5, 0.6) is 5.75 Å². The Bertz CT molecular complexity index is 800. The maximum atomic E-state index is 8.38. The van der Waals surface area contributed by atoms with Crippen molar-refractivity contribution in [2.45, 2.75) is 0 Å². The molecule has 2 aromatic carbocycles. The van der Waals surface area contributed by atoms with Gasteiger partial charge in [-0.05, 0) is 17.7 Å². The van der Waals surface area contributed by atoms with E-state index in [0.29, 0.717) is 5.69 Å². The average molecular weight is 265 g/mol. The topological polar surface area (TPSA) is 86.7 Å². The lowest BCUT2D eigenvalue weighted by Gasteiger charge is -1.97. The van der Waals surface area contributed by atoms with Crippen molar-refractivity contribution in [1.82, 2.24) is 9.97 Å². The number of benzene rings is 2. The summed E-state index contributed by atoms with van der Waals surface area (Å²) in [4.78, 5) is 10.5. The summed E-state index contributed by atoms with van der Waals surface area (Å²) in [7, 11) is 1.63. The van der Waals surface area contributed by atoms with Gasteiger partial charge in [0, 0.05) is 22.2 Å². The van der Waals surface area contributed by atoms with Crippen LogP contribution in [-0.4, -0.2) is 17.1 Å². The van der Waals surface area contributed by atoms with E-state index in [0.717, 1.165) is 28.2 Å². The number of nitrogens with one attached hydrogen (secondary N) is 1. The number of methoxy groups -OCH3 is 1. The predicted octanol–water partition coefficient (Wildman–Crippen LogP) is 4.18. The van der Waals surface area contributed by atoms with E-state index in [1.807, 2.05) is 30.3 Å². The molecule has 0 bridgehead atoms. The minimum Gasteiger partial charge on any atom is -0.497 e. The smallest absolute Gasteiger partial charge is 0.138 e. The first-order chi connectivity index (χ1) is 9.80. The Balaban J connectivity index is 2.02. The number of H-pyrrole nitrogens is 1. The number of imidazole rings is 1. The first-order valence-electron chi connectivity index (χ1n) is 5.99. The molecule has 0 fully saturated rings. The minimum absolute atomic E-state index is 0.578. The molecule has 0 radical (unpaired) electrons. The molecule has 0 spiro atoms. The van der Waals surface area contributed by atoms with E-state index in [4.69, 9.17) is 10.3 Å². The fourth-order valence-corrected chi connectivity index (χ4v) is 1.99. The molecule has 0 aliphatic rings. The molecule has 3 rings (SSSR count). The Morgan fingerprint density at radius 2 is 2.00 bits per heavy atom. The van der Waals surface area contributed by atoms with Crippen LogP contribution >= 0.6 is 0 Å². The van der Waals surface area contributed by atoms with Crippen LogP contribution in [-0.2, 0) is 0 Å². The molecule has 1 N–H and O–H groups in total. The van der Waals surface area contributed by atoms with Gasteiger partial charge in [0.15, 0.2) is 0 Å². The van der Waals surface area contributed by atoms with Crippen molar-refractivity contribution in [3.63, 3.8) is 0 Å². The van der Waals surface area contributed by atoms with Gasteiger partial charge in [-0.15, -0.1) is 0 Å². The van der Waals surface area contributed by atoms with Gasteiger partial charge >= 0.3 is 0 Å². The number of hydrogen-bond acceptors (Lipinski definition) is 3. The molecule has 0 aliphatic carbocycles. The van der Waals surface area contributed by atoms with Crippen LogP contribution in [0.2, 0.25) is 0 Å². The van der Waals surface area contributed by atoms with E-state index in [-0.39, 0.29) is 0 Å². The summed E-state index contributed by atoms with van der Waals surface area (Å²) in [6.45, 7) is 0. The van der Waals surface area contributed by atoms with Crippen LogP contribution < -0.4 is 4.74 Å². The second kappa shape index (κ2) is 4.95. The highest BCUT2D eigenvalue weighted by Gasteiger charge is 2.06. The Labute approximate surface area is 114 Å². The van der Waals surface area contributed by atoms with Crippen LogP contribution in [0.15, 0.2) is 47.6 Å². The lowest BCUT2D eigenvalue weighted by molar-refractivity contribution is 0.415. The van der Waals surface area contributed by atoms with E-state index in [9.17, 15) is 0 Å². The van der Waals surface area contributed by atoms with Gasteiger partial charge in [0.05, 0.1) is 18.1 Å². The molecule has 0 amide bonds. The van der Waals surface area contributed by atoms with Gasteiger partial charge in [-0.1, -0.05) is 29.4 Å². The zero-order valence-electron chi connectivity index (χ0n) is 10.7. The van der Waals surface area contributed by atoms with Crippen molar-refractivity contribution in [1.29, 1.82) is 0 Å². The van der Waals surface area contributed by atoms with E-state index < -0.39 is 0 Å². The maximum Gasteiger partial charge on any atom is 0.138 e. The van der Waals surface area contributed by atoms with Crippen molar-refractivity contribution < 1.29 is 4.74 Å². The molecule has 0 saturated carbocycles. The van der Waals surface area contributed by atoms with E-state index in [2.05, 4.69) is 20.0 Å². The molecular weight excluding hydrogens is 254 g/mol. The Hall–Kier alpha value is -2.98. The number of azide groups is 1. The second-order valence-corrected chi connectivity index (χ2v) is 4.20. The highest BCUT2D eigenvalue weighted by molar-refractivity contribution is 5.80. The largest absolute Gasteiger partial charge is 0.497 e. The molecule has 0 atom stereocenters. The van der Waals surface area contributed by atoms with Gasteiger partial charge in [0.2, 0.25) is 0 Å². The number of ether oxygens (including phenoxy) is 1. The molecule has 0 aliphatic heterocycles. The van der Waals surface area contributed by atoms with Gasteiger partial charge in [-0.2, -0.15) is 0 Å². The minimum atomic E-state index is 0.578. The van der Waals surface area contributed by atoms with Gasteiger partial charge in [0.1, 0.15) is 11.6 Å². The third-order valence-corrected chi connectivity index (χ3v) is 2.99. The Kier molecular flexibility index (Phi) is 2.99. The normalized spacial score (nSPS) is 10.2. The van der Waals surface area contributed by atoms with Crippen molar-refractivity contribution in [3.05, 3.63) is 52.9 Å². The first-order valence-corrected chi connectivity index (χ1v) is 5.99. The molecule has 98 valence electrons. The molecule has 6 heteroatoms. The Morgan fingerprint density at radius 1 is 1.20 bits per heavy atom. The van der Waals surface area contributed by atoms with E-state index in [1.54, 1.807) is 19.2 Å². The number of aromatic amines is 1. The molecule has 1 heterocycles. The fraction of sp³-hybridized carbons (Fsp3) is 0.0714. The molecule has 3 aromatic rings. The van der Waals surface area contributed by atoms with Crippen molar-refractivity contribution >= 4 is 16.7 Å². The fourth-order valence-electron chi connectivity index (χ4n) is 1.99. The lowest BCUT2D eigenvalue weighted by Crippen LogP contribution is -1.81. The van der Waals surface area contributed by atoms with Crippen LogP contribution in [0.1, 0.15) is 0 Å². The van der Waals surface area contributed by atoms with Crippen LogP contribution in [0, 0.1) is 0 Å². The quantitative estimate of drug-likeness (QED) is 0.437. The number of hydrogen-bond donors (Lipinski definition) is 1. The monoisotopic (exact) mass is 265 g/mol. The predicted molar refractivity (Wildman–Crippen MR) is 76.9 cm³/mol. The molecular formula is C14H11N5O.